The van der Waals surface area contributed by atoms with Gasteiger partial charge in [-0.3, -0.25) is 14.0 Å². The third-order valence-electron chi connectivity index (χ3n) is 4.64. The summed E-state index contributed by atoms with van der Waals surface area (Å²) in [5, 5.41) is 14.3. The number of nitrogens with one attached hydrogen (secondary N) is 1. The van der Waals surface area contributed by atoms with Crippen LogP contribution >= 0.6 is 11.3 Å². The van der Waals surface area contributed by atoms with Crippen LogP contribution in [0.4, 0.5) is 5.82 Å². The van der Waals surface area contributed by atoms with E-state index in [0.717, 1.165) is 10.5 Å². The molecule has 1 amide bonds. The summed E-state index contributed by atoms with van der Waals surface area (Å²) in [6.45, 7) is 0. The second-order valence-corrected chi connectivity index (χ2v) is 7.09. The van der Waals surface area contributed by atoms with Gasteiger partial charge in [-0.1, -0.05) is 42.5 Å². The van der Waals surface area contributed by atoms with E-state index in [1.165, 1.54) is 11.3 Å². The lowest BCUT2D eigenvalue weighted by atomic mass is 9.82. The minimum atomic E-state index is -0.938. The summed E-state index contributed by atoms with van der Waals surface area (Å²) < 4.78 is 1.83. The molecule has 0 aliphatic heterocycles. The Morgan fingerprint density at radius 2 is 1.88 bits per heavy atom. The molecule has 0 radical (unpaired) electrons. The van der Waals surface area contributed by atoms with Crippen molar-refractivity contribution in [2.75, 3.05) is 5.32 Å². The van der Waals surface area contributed by atoms with Crippen molar-refractivity contribution in [3.63, 3.8) is 0 Å². The van der Waals surface area contributed by atoms with Crippen LogP contribution in [0.15, 0.2) is 54.1 Å². The standard InChI is InChI=1S/C19H17N3O3S/c23-17(13-8-4-5-9-14(13)18(24)25)21-16-15(12-6-2-1-3-7-12)20-19-22(16)10-11-26-19/h1-7,10-11,13-14H,8-9H2,(H,21,23)(H,24,25). The Hall–Kier alpha value is -2.93. The van der Waals surface area contributed by atoms with Gasteiger partial charge in [-0.2, -0.15) is 0 Å². The first-order valence-electron chi connectivity index (χ1n) is 8.35. The van der Waals surface area contributed by atoms with Crippen molar-refractivity contribution in [2.45, 2.75) is 12.8 Å². The number of amides is 1. The predicted molar refractivity (Wildman–Crippen MR) is 100 cm³/mol. The molecule has 1 aliphatic rings. The SMILES string of the molecule is O=C(O)C1CC=CCC1C(=O)Nc1c(-c2ccccc2)nc2sccn12. The van der Waals surface area contributed by atoms with Gasteiger partial charge in [0, 0.05) is 17.1 Å². The van der Waals surface area contributed by atoms with Gasteiger partial charge in [0.25, 0.3) is 0 Å². The van der Waals surface area contributed by atoms with Crippen LogP contribution in [0, 0.1) is 11.8 Å². The molecule has 26 heavy (non-hydrogen) atoms. The number of anilines is 1. The summed E-state index contributed by atoms with van der Waals surface area (Å²) in [6, 6.07) is 9.63. The Balaban J connectivity index is 1.70. The molecule has 4 rings (SSSR count). The molecule has 6 nitrogen and oxygen atoms in total. The average molecular weight is 367 g/mol. The number of nitrogens with zero attached hydrogens (tertiary/aromatic N) is 2. The highest BCUT2D eigenvalue weighted by Crippen LogP contribution is 2.33. The first kappa shape index (κ1) is 16.5. The summed E-state index contributed by atoms with van der Waals surface area (Å²) >= 11 is 1.48. The molecule has 1 aromatic carbocycles. The number of benzene rings is 1. The highest BCUT2D eigenvalue weighted by molar-refractivity contribution is 7.15. The Bertz CT molecular complexity index is 990. The number of carbonyl (C=O) groups excluding carboxylic acids is 1. The van der Waals surface area contributed by atoms with Crippen LogP contribution in [0.25, 0.3) is 16.2 Å². The topological polar surface area (TPSA) is 83.7 Å². The second-order valence-electron chi connectivity index (χ2n) is 6.21. The summed E-state index contributed by atoms with van der Waals surface area (Å²) in [5.41, 5.74) is 1.58. The van der Waals surface area contributed by atoms with Crippen molar-refractivity contribution in [1.29, 1.82) is 0 Å². The molecule has 132 valence electrons. The van der Waals surface area contributed by atoms with E-state index in [-0.39, 0.29) is 5.91 Å². The number of hydrogen-bond acceptors (Lipinski definition) is 4. The Morgan fingerprint density at radius 1 is 1.15 bits per heavy atom. The molecule has 0 bridgehead atoms. The van der Waals surface area contributed by atoms with E-state index in [4.69, 9.17) is 0 Å². The van der Waals surface area contributed by atoms with E-state index < -0.39 is 17.8 Å². The number of imidazole rings is 1. The lowest BCUT2D eigenvalue weighted by Crippen LogP contribution is -2.35. The maximum absolute atomic E-state index is 12.9. The molecule has 2 N–H and O–H groups in total. The molecule has 1 aliphatic carbocycles. The zero-order valence-electron chi connectivity index (χ0n) is 13.8. The number of hydrogen-bond donors (Lipinski definition) is 2. The van der Waals surface area contributed by atoms with E-state index in [0.29, 0.717) is 24.4 Å². The number of rotatable bonds is 4. The first-order chi connectivity index (χ1) is 12.6. The number of aromatic nitrogens is 2. The van der Waals surface area contributed by atoms with Crippen molar-refractivity contribution in [3.05, 3.63) is 54.1 Å². The summed E-state index contributed by atoms with van der Waals surface area (Å²) in [4.78, 5) is 29.8. The van der Waals surface area contributed by atoms with E-state index in [1.807, 2.05) is 58.5 Å². The zero-order chi connectivity index (χ0) is 18.1. The second kappa shape index (κ2) is 6.76. The fraction of sp³-hybridized carbons (Fsp3) is 0.211. The van der Waals surface area contributed by atoms with Gasteiger partial charge in [-0.15, -0.1) is 11.3 Å². The Labute approximate surface area is 153 Å². The van der Waals surface area contributed by atoms with Crippen LogP contribution in [0.2, 0.25) is 0 Å². The van der Waals surface area contributed by atoms with E-state index in [9.17, 15) is 14.7 Å². The van der Waals surface area contributed by atoms with Gasteiger partial charge >= 0.3 is 5.97 Å². The number of thiazole rings is 1. The van der Waals surface area contributed by atoms with Crippen LogP contribution < -0.4 is 5.32 Å². The third kappa shape index (κ3) is 2.90. The molecule has 0 fully saturated rings. The van der Waals surface area contributed by atoms with Gasteiger partial charge in [-0.25, -0.2) is 4.98 Å². The molecular weight excluding hydrogens is 350 g/mol. The van der Waals surface area contributed by atoms with Crippen LogP contribution in [-0.4, -0.2) is 26.4 Å². The number of carboxylic acids is 1. The maximum atomic E-state index is 12.9. The van der Waals surface area contributed by atoms with Crippen molar-refractivity contribution >= 4 is 34.0 Å². The fourth-order valence-electron chi connectivity index (χ4n) is 3.29. The maximum Gasteiger partial charge on any atom is 0.307 e. The van der Waals surface area contributed by atoms with Crippen LogP contribution in [0.5, 0.6) is 0 Å². The molecule has 0 saturated heterocycles. The summed E-state index contributed by atoms with van der Waals surface area (Å²) in [7, 11) is 0. The number of carboxylic acid groups (broad SMARTS) is 1. The highest BCUT2D eigenvalue weighted by Gasteiger charge is 2.34. The number of fused-ring (bicyclic) bond motifs is 1. The van der Waals surface area contributed by atoms with Gasteiger partial charge in [-0.05, 0) is 12.8 Å². The third-order valence-corrected chi connectivity index (χ3v) is 5.39. The van der Waals surface area contributed by atoms with Crippen molar-refractivity contribution in [2.24, 2.45) is 11.8 Å². The number of carbonyl (C=O) groups is 2. The summed E-state index contributed by atoms with van der Waals surface area (Å²) in [5.74, 6) is -1.94. The van der Waals surface area contributed by atoms with Crippen molar-refractivity contribution < 1.29 is 14.7 Å². The Kier molecular flexibility index (Phi) is 4.30. The van der Waals surface area contributed by atoms with E-state index in [2.05, 4.69) is 10.3 Å². The molecule has 0 spiro atoms. The quantitative estimate of drug-likeness (QED) is 0.689. The van der Waals surface area contributed by atoms with E-state index in [1.54, 1.807) is 0 Å². The normalized spacial score (nSPS) is 19.5. The molecule has 2 heterocycles. The lowest BCUT2D eigenvalue weighted by molar-refractivity contribution is -0.146. The van der Waals surface area contributed by atoms with Crippen LogP contribution in [0.3, 0.4) is 0 Å². The van der Waals surface area contributed by atoms with Crippen molar-refractivity contribution in [3.8, 4) is 11.3 Å². The lowest BCUT2D eigenvalue weighted by Gasteiger charge is -2.24. The highest BCUT2D eigenvalue weighted by atomic mass is 32.1. The molecule has 7 heteroatoms. The van der Waals surface area contributed by atoms with Crippen LogP contribution in [-0.2, 0) is 9.59 Å². The van der Waals surface area contributed by atoms with E-state index >= 15 is 0 Å². The van der Waals surface area contributed by atoms with Gasteiger partial charge in [0.1, 0.15) is 11.5 Å². The molecule has 3 aromatic rings. The molecule has 2 unspecified atom stereocenters. The minimum Gasteiger partial charge on any atom is -0.481 e. The summed E-state index contributed by atoms with van der Waals surface area (Å²) in [6.07, 6.45) is 6.35. The Morgan fingerprint density at radius 3 is 2.62 bits per heavy atom. The van der Waals surface area contributed by atoms with Gasteiger partial charge in [0.15, 0.2) is 4.96 Å². The number of allylic oxidation sites excluding steroid dienone is 2. The van der Waals surface area contributed by atoms with Gasteiger partial charge < -0.3 is 10.4 Å². The minimum absolute atomic E-state index is 0.285. The fourth-order valence-corrected chi connectivity index (χ4v) is 4.00. The molecular formula is C19H17N3O3S. The first-order valence-corrected chi connectivity index (χ1v) is 9.22. The smallest absolute Gasteiger partial charge is 0.307 e. The van der Waals surface area contributed by atoms with Gasteiger partial charge in [0.05, 0.1) is 11.8 Å². The van der Waals surface area contributed by atoms with Crippen molar-refractivity contribution in [1.82, 2.24) is 9.38 Å². The van der Waals surface area contributed by atoms with Gasteiger partial charge in [0.2, 0.25) is 5.91 Å². The molecule has 2 aromatic heterocycles. The van der Waals surface area contributed by atoms with Crippen LogP contribution in [0.1, 0.15) is 12.8 Å². The zero-order valence-corrected chi connectivity index (χ0v) is 14.6. The number of aliphatic carboxylic acids is 1. The molecule has 2 atom stereocenters. The predicted octanol–water partition coefficient (Wildman–Crippen LogP) is 3.67. The molecule has 0 saturated carbocycles. The largest absolute Gasteiger partial charge is 0.481 e. The average Bonchev–Trinajstić information content (AvgIpc) is 3.25. The monoisotopic (exact) mass is 367 g/mol.